The summed E-state index contributed by atoms with van der Waals surface area (Å²) in [6.45, 7) is 0.676. The minimum atomic E-state index is -1.08. The monoisotopic (exact) mass is 856 g/mol. The number of methoxy groups -OCH3 is 3. The lowest BCUT2D eigenvalue weighted by atomic mass is 9.78. The normalized spacial score (nSPS) is 16.4. The molecule has 0 bridgehead atoms. The Bertz CT molecular complexity index is 2440. The maximum atomic E-state index is 14.7. The molecular weight excluding hydrogens is 805 g/mol. The van der Waals surface area contributed by atoms with Crippen molar-refractivity contribution >= 4 is 5.97 Å². The SMILES string of the molecule is COCOC(c1ccc(OCc2ccccc2)c(OC)c1)[C@@H]1C(=O)O[C@H](c2ccc(OCc3ccccc3)c(OC)c2)[C@@H]1COC(c1ccccc1)(c1ccccc1)c1ccccc1. The Balaban J connectivity index is 1.21. The lowest BCUT2D eigenvalue weighted by Crippen LogP contribution is -2.37. The van der Waals surface area contributed by atoms with Gasteiger partial charge >= 0.3 is 5.97 Å². The molecule has 0 saturated carbocycles. The largest absolute Gasteiger partial charge is 0.493 e. The maximum absolute atomic E-state index is 14.7. The van der Waals surface area contributed by atoms with Gasteiger partial charge in [0.1, 0.15) is 31.7 Å². The number of rotatable bonds is 20. The molecule has 1 saturated heterocycles. The minimum absolute atomic E-state index is 0.0660. The van der Waals surface area contributed by atoms with Crippen molar-refractivity contribution in [1.82, 2.24) is 0 Å². The van der Waals surface area contributed by atoms with Crippen molar-refractivity contribution in [1.29, 1.82) is 0 Å². The Morgan fingerprint density at radius 2 is 1.02 bits per heavy atom. The fraction of sp³-hybridized carbons (Fsp3) is 0.218. The number of ether oxygens (including phenoxy) is 8. The van der Waals surface area contributed by atoms with E-state index in [2.05, 4.69) is 36.4 Å². The van der Waals surface area contributed by atoms with E-state index >= 15 is 0 Å². The molecule has 7 aromatic carbocycles. The predicted molar refractivity (Wildman–Crippen MR) is 244 cm³/mol. The van der Waals surface area contributed by atoms with Gasteiger partial charge < -0.3 is 37.9 Å². The molecule has 0 aliphatic carbocycles. The Labute approximate surface area is 375 Å². The molecule has 4 atom stereocenters. The Kier molecular flexibility index (Phi) is 14.3. The molecular formula is C55H52O9. The van der Waals surface area contributed by atoms with E-state index in [0.717, 1.165) is 27.8 Å². The summed E-state index contributed by atoms with van der Waals surface area (Å²) in [5.74, 6) is 0.170. The molecule has 0 amide bonds. The molecule has 1 heterocycles. The van der Waals surface area contributed by atoms with Crippen LogP contribution in [0.2, 0.25) is 0 Å². The second-order valence-electron chi connectivity index (χ2n) is 15.5. The standard InChI is InChI=1S/C55H52O9/c1-57-38-62-53(42-30-32-48(50(34-42)59-3)61-36-40-21-11-5-12-22-40)51-46(52(64-54(51)56)41-29-31-47(49(33-41)58-2)60-35-39-19-9-4-10-20-39)37-63-55(43-23-13-6-14-24-43,44-25-15-7-16-26-44)45-27-17-8-18-28-45/h4-34,46,51-53H,35-38H2,1-3H3/t46-,51-,52-,53?/m1/s1. The average Bonchev–Trinajstić information content (AvgIpc) is 3.69. The zero-order valence-corrected chi connectivity index (χ0v) is 36.2. The van der Waals surface area contributed by atoms with Crippen LogP contribution in [0.15, 0.2) is 188 Å². The average molecular weight is 857 g/mol. The molecule has 8 rings (SSSR count). The first kappa shape index (κ1) is 43.7. The topological polar surface area (TPSA) is 90.9 Å². The summed E-state index contributed by atoms with van der Waals surface area (Å²) in [6, 6.07) is 61.5. The van der Waals surface area contributed by atoms with Crippen LogP contribution >= 0.6 is 0 Å². The smallest absolute Gasteiger partial charge is 0.313 e. The fourth-order valence-electron chi connectivity index (χ4n) is 8.48. The van der Waals surface area contributed by atoms with Crippen LogP contribution < -0.4 is 18.9 Å². The van der Waals surface area contributed by atoms with E-state index in [1.165, 1.54) is 0 Å². The molecule has 0 spiro atoms. The van der Waals surface area contributed by atoms with Gasteiger partial charge in [0, 0.05) is 13.0 Å². The number of esters is 1. The minimum Gasteiger partial charge on any atom is -0.493 e. The predicted octanol–water partition coefficient (Wildman–Crippen LogP) is 11.1. The molecule has 9 nitrogen and oxygen atoms in total. The summed E-state index contributed by atoms with van der Waals surface area (Å²) in [5.41, 5.74) is 5.12. The third-order valence-electron chi connectivity index (χ3n) is 11.6. The molecule has 1 fully saturated rings. The molecule has 326 valence electrons. The van der Waals surface area contributed by atoms with Gasteiger partial charge in [0.15, 0.2) is 23.0 Å². The number of benzene rings is 7. The van der Waals surface area contributed by atoms with E-state index in [-0.39, 0.29) is 13.4 Å². The molecule has 64 heavy (non-hydrogen) atoms. The van der Waals surface area contributed by atoms with Crippen LogP contribution in [0.1, 0.15) is 51.2 Å². The fourth-order valence-corrected chi connectivity index (χ4v) is 8.48. The van der Waals surface area contributed by atoms with Crippen molar-refractivity contribution in [3.8, 4) is 23.0 Å². The van der Waals surface area contributed by atoms with E-state index in [0.29, 0.717) is 47.3 Å². The lowest BCUT2D eigenvalue weighted by Gasteiger charge is -2.38. The van der Waals surface area contributed by atoms with Crippen LogP contribution in [-0.2, 0) is 42.6 Å². The number of hydrogen-bond donors (Lipinski definition) is 0. The Morgan fingerprint density at radius 3 is 1.50 bits per heavy atom. The summed E-state index contributed by atoms with van der Waals surface area (Å²) < 4.78 is 50.2. The van der Waals surface area contributed by atoms with Crippen molar-refractivity contribution in [2.75, 3.05) is 34.7 Å². The van der Waals surface area contributed by atoms with Gasteiger partial charge in [0.25, 0.3) is 0 Å². The van der Waals surface area contributed by atoms with Crippen LogP contribution in [0.5, 0.6) is 23.0 Å². The van der Waals surface area contributed by atoms with E-state index in [1.807, 2.05) is 152 Å². The van der Waals surface area contributed by atoms with E-state index in [9.17, 15) is 4.79 Å². The highest BCUT2D eigenvalue weighted by Crippen LogP contribution is 2.50. The Hall–Kier alpha value is -6.91. The van der Waals surface area contributed by atoms with Crippen LogP contribution in [0.25, 0.3) is 0 Å². The van der Waals surface area contributed by atoms with Crippen molar-refractivity contribution in [2.24, 2.45) is 11.8 Å². The van der Waals surface area contributed by atoms with E-state index < -0.39 is 35.6 Å². The van der Waals surface area contributed by atoms with E-state index in [1.54, 1.807) is 21.3 Å². The first-order chi connectivity index (χ1) is 31.5. The van der Waals surface area contributed by atoms with Crippen LogP contribution in [0, 0.1) is 11.8 Å². The number of carbonyl (C=O) groups excluding carboxylic acids is 1. The quantitative estimate of drug-likeness (QED) is 0.0422. The molecule has 1 aliphatic rings. The summed E-state index contributed by atoms with van der Waals surface area (Å²) in [7, 11) is 4.74. The third kappa shape index (κ3) is 9.67. The van der Waals surface area contributed by atoms with Gasteiger partial charge in [0.05, 0.1) is 32.8 Å². The molecule has 1 unspecified atom stereocenters. The zero-order valence-electron chi connectivity index (χ0n) is 36.2. The molecule has 0 aromatic heterocycles. The van der Waals surface area contributed by atoms with Gasteiger partial charge in [-0.2, -0.15) is 0 Å². The summed E-state index contributed by atoms with van der Waals surface area (Å²) in [6.07, 6.45) is -1.63. The van der Waals surface area contributed by atoms with Crippen molar-refractivity contribution in [2.45, 2.75) is 31.0 Å². The van der Waals surface area contributed by atoms with Crippen LogP contribution in [0.4, 0.5) is 0 Å². The highest BCUT2D eigenvalue weighted by molar-refractivity contribution is 5.77. The van der Waals surface area contributed by atoms with Crippen LogP contribution in [-0.4, -0.2) is 40.7 Å². The van der Waals surface area contributed by atoms with Gasteiger partial charge in [-0.3, -0.25) is 4.79 Å². The zero-order chi connectivity index (χ0) is 44.1. The summed E-state index contributed by atoms with van der Waals surface area (Å²) in [4.78, 5) is 14.7. The molecule has 1 aliphatic heterocycles. The highest BCUT2D eigenvalue weighted by atomic mass is 16.7. The first-order valence-corrected chi connectivity index (χ1v) is 21.3. The first-order valence-electron chi connectivity index (χ1n) is 21.3. The lowest BCUT2D eigenvalue weighted by molar-refractivity contribution is -0.152. The van der Waals surface area contributed by atoms with Crippen molar-refractivity contribution < 1.29 is 42.7 Å². The highest BCUT2D eigenvalue weighted by Gasteiger charge is 2.52. The molecule has 7 aromatic rings. The maximum Gasteiger partial charge on any atom is 0.313 e. The summed E-state index contributed by atoms with van der Waals surface area (Å²) >= 11 is 0. The van der Waals surface area contributed by atoms with Crippen LogP contribution in [0.3, 0.4) is 0 Å². The van der Waals surface area contributed by atoms with E-state index in [4.69, 9.17) is 37.9 Å². The number of cyclic esters (lactones) is 1. The number of carbonyl (C=O) groups is 1. The van der Waals surface area contributed by atoms with Gasteiger partial charge in [-0.25, -0.2) is 0 Å². The molecule has 0 radical (unpaired) electrons. The van der Waals surface area contributed by atoms with Gasteiger partial charge in [-0.15, -0.1) is 0 Å². The van der Waals surface area contributed by atoms with Crippen molar-refractivity contribution in [3.05, 3.63) is 227 Å². The van der Waals surface area contributed by atoms with Gasteiger partial charge in [-0.1, -0.05) is 164 Å². The number of hydrogen-bond acceptors (Lipinski definition) is 9. The van der Waals surface area contributed by atoms with Gasteiger partial charge in [0.2, 0.25) is 0 Å². The molecule has 0 N–H and O–H groups in total. The molecule has 9 heteroatoms. The van der Waals surface area contributed by atoms with Crippen molar-refractivity contribution in [3.63, 3.8) is 0 Å². The second-order valence-corrected chi connectivity index (χ2v) is 15.5. The summed E-state index contributed by atoms with van der Waals surface area (Å²) in [5, 5.41) is 0. The second kappa shape index (κ2) is 21.0. The third-order valence-corrected chi connectivity index (χ3v) is 11.6. The van der Waals surface area contributed by atoms with Gasteiger partial charge in [-0.05, 0) is 63.2 Å². The Morgan fingerprint density at radius 1 is 0.547 bits per heavy atom.